The van der Waals surface area contributed by atoms with E-state index < -0.39 is 0 Å². The summed E-state index contributed by atoms with van der Waals surface area (Å²) in [6.07, 6.45) is 3.76. The molecule has 1 amide bonds. The van der Waals surface area contributed by atoms with Crippen LogP contribution >= 0.6 is 0 Å². The van der Waals surface area contributed by atoms with Gasteiger partial charge in [0, 0.05) is 49.1 Å². The fourth-order valence-electron chi connectivity index (χ4n) is 3.71. The van der Waals surface area contributed by atoms with E-state index in [-0.39, 0.29) is 5.91 Å². The lowest BCUT2D eigenvalue weighted by molar-refractivity contribution is -0.116. The molecule has 4 rings (SSSR count). The Bertz CT molecular complexity index is 897. The highest BCUT2D eigenvalue weighted by atomic mass is 16.1. The maximum Gasteiger partial charge on any atom is 0.226 e. The summed E-state index contributed by atoms with van der Waals surface area (Å²) >= 11 is 0. The molecule has 1 aromatic heterocycles. The van der Waals surface area contributed by atoms with E-state index in [0.717, 1.165) is 24.7 Å². The Morgan fingerprint density at radius 3 is 2.69 bits per heavy atom. The van der Waals surface area contributed by atoms with Gasteiger partial charge in [-0.05, 0) is 54.1 Å². The summed E-state index contributed by atoms with van der Waals surface area (Å²) in [6.45, 7) is 5.22. The predicted molar refractivity (Wildman–Crippen MR) is 108 cm³/mol. The van der Waals surface area contributed by atoms with Crippen LogP contribution in [0.5, 0.6) is 0 Å². The van der Waals surface area contributed by atoms with Gasteiger partial charge in [0.15, 0.2) is 0 Å². The molecule has 1 aliphatic rings. The third-order valence-electron chi connectivity index (χ3n) is 5.20. The molecule has 0 radical (unpaired) electrons. The fraction of sp³-hybridized carbons (Fsp3) is 0.318. The van der Waals surface area contributed by atoms with E-state index in [1.54, 1.807) is 0 Å². The van der Waals surface area contributed by atoms with Gasteiger partial charge in [0.2, 0.25) is 5.91 Å². The third kappa shape index (κ3) is 3.59. The molecule has 1 unspecified atom stereocenters. The van der Waals surface area contributed by atoms with Gasteiger partial charge < -0.3 is 14.8 Å². The number of carbonyl (C=O) groups is 1. The number of rotatable bonds is 5. The van der Waals surface area contributed by atoms with Gasteiger partial charge in [0.05, 0.1) is 0 Å². The van der Waals surface area contributed by atoms with Gasteiger partial charge >= 0.3 is 0 Å². The summed E-state index contributed by atoms with van der Waals surface area (Å²) in [5.74, 6) is 0.810. The molecule has 1 saturated heterocycles. The minimum Gasteiger partial charge on any atom is -0.371 e. The van der Waals surface area contributed by atoms with Crippen molar-refractivity contribution in [3.63, 3.8) is 0 Å². The Labute approximate surface area is 154 Å². The van der Waals surface area contributed by atoms with Crippen LogP contribution in [0.1, 0.15) is 19.8 Å². The Morgan fingerprint density at radius 1 is 1.12 bits per heavy atom. The van der Waals surface area contributed by atoms with Crippen LogP contribution in [-0.2, 0) is 11.3 Å². The van der Waals surface area contributed by atoms with Gasteiger partial charge in [-0.15, -0.1) is 0 Å². The molecule has 1 aliphatic heterocycles. The first-order chi connectivity index (χ1) is 12.7. The number of aryl methyl sites for hydroxylation is 1. The van der Waals surface area contributed by atoms with E-state index in [4.69, 9.17) is 0 Å². The summed E-state index contributed by atoms with van der Waals surface area (Å²) in [7, 11) is 0. The number of nitrogens with one attached hydrogen (secondary N) is 1. The number of hydrogen-bond acceptors (Lipinski definition) is 2. The number of hydrogen-bond donors (Lipinski definition) is 1. The number of amides is 1. The van der Waals surface area contributed by atoms with Crippen molar-refractivity contribution in [3.05, 3.63) is 60.8 Å². The molecule has 0 aliphatic carbocycles. The molecule has 4 heteroatoms. The topological polar surface area (TPSA) is 37.3 Å². The summed E-state index contributed by atoms with van der Waals surface area (Å²) in [5.41, 5.74) is 3.28. The molecule has 134 valence electrons. The summed E-state index contributed by atoms with van der Waals surface area (Å²) in [5, 5.41) is 4.22. The van der Waals surface area contributed by atoms with Gasteiger partial charge in [0.1, 0.15) is 0 Å². The second-order valence-electron chi connectivity index (χ2n) is 7.25. The normalized spacial score (nSPS) is 17.0. The zero-order valence-corrected chi connectivity index (χ0v) is 15.2. The van der Waals surface area contributed by atoms with Crippen molar-refractivity contribution in [2.45, 2.75) is 26.3 Å². The lowest BCUT2D eigenvalue weighted by Gasteiger charge is -2.18. The minimum atomic E-state index is 0.0466. The van der Waals surface area contributed by atoms with Crippen LogP contribution < -0.4 is 10.2 Å². The molecule has 0 bridgehead atoms. The van der Waals surface area contributed by atoms with Gasteiger partial charge in [-0.3, -0.25) is 4.79 Å². The third-order valence-corrected chi connectivity index (χ3v) is 5.20. The Morgan fingerprint density at radius 2 is 1.92 bits per heavy atom. The number of fused-ring (bicyclic) bond motifs is 1. The van der Waals surface area contributed by atoms with Crippen molar-refractivity contribution >= 4 is 28.2 Å². The molecular weight excluding hydrogens is 322 g/mol. The standard InChI is InChI=1S/C22H25N3O/c1-17-10-13-25(16-17)20-8-6-19(7-9-20)23-22(26)12-15-24-14-11-18-4-2-3-5-21(18)24/h2-9,11,14,17H,10,12-13,15-16H2,1H3,(H,23,26). The second-order valence-corrected chi connectivity index (χ2v) is 7.25. The first-order valence-corrected chi connectivity index (χ1v) is 9.38. The van der Waals surface area contributed by atoms with Crippen molar-refractivity contribution in [2.24, 2.45) is 5.92 Å². The van der Waals surface area contributed by atoms with Crippen molar-refractivity contribution in [2.75, 3.05) is 23.3 Å². The van der Waals surface area contributed by atoms with E-state index in [2.05, 4.69) is 52.0 Å². The average Bonchev–Trinajstić information content (AvgIpc) is 3.27. The first-order valence-electron chi connectivity index (χ1n) is 9.38. The van der Waals surface area contributed by atoms with Gasteiger partial charge in [-0.1, -0.05) is 25.1 Å². The summed E-state index contributed by atoms with van der Waals surface area (Å²) < 4.78 is 2.13. The highest BCUT2D eigenvalue weighted by molar-refractivity contribution is 5.91. The molecule has 0 saturated carbocycles. The first kappa shape index (κ1) is 16.7. The largest absolute Gasteiger partial charge is 0.371 e. The van der Waals surface area contributed by atoms with Crippen LogP contribution in [0, 0.1) is 5.92 Å². The quantitative estimate of drug-likeness (QED) is 0.737. The maximum atomic E-state index is 12.3. The van der Waals surface area contributed by atoms with Crippen molar-refractivity contribution < 1.29 is 4.79 Å². The van der Waals surface area contributed by atoms with Crippen LogP contribution in [-0.4, -0.2) is 23.6 Å². The zero-order valence-electron chi connectivity index (χ0n) is 15.2. The number of para-hydroxylation sites is 1. The predicted octanol–water partition coefficient (Wildman–Crippen LogP) is 4.52. The van der Waals surface area contributed by atoms with Gasteiger partial charge in [0.25, 0.3) is 0 Å². The van der Waals surface area contributed by atoms with Crippen LogP contribution in [0.2, 0.25) is 0 Å². The minimum absolute atomic E-state index is 0.0466. The Balaban J connectivity index is 1.33. The fourth-order valence-corrected chi connectivity index (χ4v) is 3.71. The Hall–Kier alpha value is -2.75. The van der Waals surface area contributed by atoms with E-state index in [1.807, 2.05) is 30.5 Å². The van der Waals surface area contributed by atoms with Crippen LogP contribution in [0.4, 0.5) is 11.4 Å². The second kappa shape index (κ2) is 7.24. The molecule has 2 heterocycles. The van der Waals surface area contributed by atoms with E-state index in [0.29, 0.717) is 13.0 Å². The number of carbonyl (C=O) groups excluding carboxylic acids is 1. The maximum absolute atomic E-state index is 12.3. The monoisotopic (exact) mass is 347 g/mol. The number of benzene rings is 2. The van der Waals surface area contributed by atoms with Gasteiger partial charge in [-0.2, -0.15) is 0 Å². The van der Waals surface area contributed by atoms with E-state index in [1.165, 1.54) is 23.0 Å². The molecule has 3 aromatic rings. The summed E-state index contributed by atoms with van der Waals surface area (Å²) in [4.78, 5) is 14.7. The lowest BCUT2D eigenvalue weighted by atomic mass is 10.2. The van der Waals surface area contributed by atoms with Crippen LogP contribution in [0.15, 0.2) is 60.8 Å². The number of aromatic nitrogens is 1. The zero-order chi connectivity index (χ0) is 17.9. The smallest absolute Gasteiger partial charge is 0.226 e. The van der Waals surface area contributed by atoms with Crippen molar-refractivity contribution in [1.82, 2.24) is 4.57 Å². The average molecular weight is 347 g/mol. The Kier molecular flexibility index (Phi) is 4.65. The van der Waals surface area contributed by atoms with Gasteiger partial charge in [-0.25, -0.2) is 0 Å². The molecule has 2 aromatic carbocycles. The van der Waals surface area contributed by atoms with E-state index >= 15 is 0 Å². The molecule has 26 heavy (non-hydrogen) atoms. The molecule has 0 spiro atoms. The molecule has 1 atom stereocenters. The molecule has 1 N–H and O–H groups in total. The molecular formula is C22H25N3O. The van der Waals surface area contributed by atoms with Crippen LogP contribution in [0.3, 0.4) is 0 Å². The van der Waals surface area contributed by atoms with Crippen molar-refractivity contribution in [3.8, 4) is 0 Å². The summed E-state index contributed by atoms with van der Waals surface area (Å²) in [6, 6.07) is 18.5. The molecule has 4 nitrogen and oxygen atoms in total. The number of anilines is 2. The van der Waals surface area contributed by atoms with Crippen LogP contribution in [0.25, 0.3) is 10.9 Å². The molecule has 1 fully saturated rings. The highest BCUT2D eigenvalue weighted by Gasteiger charge is 2.18. The van der Waals surface area contributed by atoms with E-state index in [9.17, 15) is 4.79 Å². The SMILES string of the molecule is CC1CCN(c2ccc(NC(=O)CCn3ccc4ccccc43)cc2)C1. The lowest BCUT2D eigenvalue weighted by Crippen LogP contribution is -2.19. The van der Waals surface area contributed by atoms with Crippen molar-refractivity contribution in [1.29, 1.82) is 0 Å². The number of nitrogens with zero attached hydrogens (tertiary/aromatic N) is 2. The highest BCUT2D eigenvalue weighted by Crippen LogP contribution is 2.25.